The topological polar surface area (TPSA) is 112 Å². The van der Waals surface area contributed by atoms with E-state index >= 15 is 0 Å². The Morgan fingerprint density at radius 2 is 1.86 bits per heavy atom. The number of ether oxygens (including phenoxy) is 4. The van der Waals surface area contributed by atoms with Crippen LogP contribution in [0, 0.1) is 11.8 Å². The SMILES string of the molecule is COC(=O)C1=COC(OC(=O)NCCCl)C2C(COC(=O)NCCCl)=CCC12. The van der Waals surface area contributed by atoms with Crippen molar-refractivity contribution in [1.29, 1.82) is 0 Å². The first-order valence-corrected chi connectivity index (χ1v) is 9.68. The fourth-order valence-corrected chi connectivity index (χ4v) is 3.22. The molecule has 0 aromatic carbocycles. The number of amides is 2. The second-order valence-electron chi connectivity index (χ2n) is 5.93. The molecule has 0 saturated heterocycles. The Labute approximate surface area is 172 Å². The number of methoxy groups -OCH3 is 1. The van der Waals surface area contributed by atoms with Crippen LogP contribution in [0.25, 0.3) is 0 Å². The molecular weight excluding hydrogens is 415 g/mol. The van der Waals surface area contributed by atoms with Gasteiger partial charge in [0.15, 0.2) is 0 Å². The number of alkyl halides is 2. The molecule has 0 fully saturated rings. The van der Waals surface area contributed by atoms with E-state index in [9.17, 15) is 14.4 Å². The Kier molecular flexibility index (Phi) is 8.72. The minimum Gasteiger partial charge on any atom is -0.466 e. The molecule has 3 atom stereocenters. The molecule has 3 unspecified atom stereocenters. The largest absolute Gasteiger partial charge is 0.466 e. The van der Waals surface area contributed by atoms with Crippen molar-refractivity contribution in [2.75, 3.05) is 38.6 Å². The lowest BCUT2D eigenvalue weighted by Crippen LogP contribution is -2.41. The second kappa shape index (κ2) is 11.0. The molecule has 28 heavy (non-hydrogen) atoms. The summed E-state index contributed by atoms with van der Waals surface area (Å²) < 4.78 is 20.8. The maximum absolute atomic E-state index is 12.0. The number of carbonyl (C=O) groups excluding carboxylic acids is 3. The molecule has 1 aliphatic carbocycles. The van der Waals surface area contributed by atoms with E-state index in [1.165, 1.54) is 13.4 Å². The number of carbonyl (C=O) groups is 3. The lowest BCUT2D eigenvalue weighted by atomic mass is 9.83. The van der Waals surface area contributed by atoms with Crippen LogP contribution >= 0.6 is 23.2 Å². The van der Waals surface area contributed by atoms with Crippen molar-refractivity contribution >= 4 is 41.4 Å². The summed E-state index contributed by atoms with van der Waals surface area (Å²) in [4.78, 5) is 35.6. The van der Waals surface area contributed by atoms with E-state index in [0.717, 1.165) is 0 Å². The fourth-order valence-electron chi connectivity index (χ4n) is 3.04. The van der Waals surface area contributed by atoms with Gasteiger partial charge in [-0.3, -0.25) is 0 Å². The minimum atomic E-state index is -0.989. The van der Waals surface area contributed by atoms with Gasteiger partial charge in [-0.1, -0.05) is 6.08 Å². The van der Waals surface area contributed by atoms with Gasteiger partial charge >= 0.3 is 18.2 Å². The van der Waals surface area contributed by atoms with Crippen LogP contribution < -0.4 is 10.6 Å². The van der Waals surface area contributed by atoms with E-state index in [0.29, 0.717) is 17.6 Å². The van der Waals surface area contributed by atoms with Gasteiger partial charge < -0.3 is 29.6 Å². The van der Waals surface area contributed by atoms with Gasteiger partial charge in [-0.2, -0.15) is 0 Å². The lowest BCUT2D eigenvalue weighted by Gasteiger charge is -2.34. The smallest absolute Gasteiger partial charge is 0.410 e. The Balaban J connectivity index is 2.09. The first kappa shape index (κ1) is 22.2. The molecule has 0 saturated carbocycles. The number of rotatable bonds is 8. The second-order valence-corrected chi connectivity index (χ2v) is 6.69. The van der Waals surface area contributed by atoms with Crippen molar-refractivity contribution < 1.29 is 33.3 Å². The van der Waals surface area contributed by atoms with Gasteiger partial charge in [0.2, 0.25) is 0 Å². The number of alkyl carbamates (subject to hydrolysis) is 2. The fraction of sp³-hybridized carbons (Fsp3) is 0.588. The number of hydrogen-bond acceptors (Lipinski definition) is 7. The number of hydrogen-bond donors (Lipinski definition) is 2. The zero-order chi connectivity index (χ0) is 20.5. The number of fused-ring (bicyclic) bond motifs is 1. The molecule has 156 valence electrons. The highest BCUT2D eigenvalue weighted by Gasteiger charge is 2.46. The zero-order valence-electron chi connectivity index (χ0n) is 15.2. The minimum absolute atomic E-state index is 0.0454. The molecule has 0 radical (unpaired) electrons. The molecule has 1 aliphatic heterocycles. The normalized spacial score (nSPS) is 22.8. The standard InChI is InChI=1S/C17H22Cl2N2O7/c1-25-14(22)12-9-26-15(28-17(24)21-7-5-19)13-10(2-3-11(12)13)8-27-16(23)20-6-4-18/h2,9,11,13,15H,3-8H2,1H3,(H,20,23)(H,21,24). The maximum atomic E-state index is 12.0. The van der Waals surface area contributed by atoms with Crippen molar-refractivity contribution in [2.45, 2.75) is 12.7 Å². The molecule has 2 aliphatic rings. The molecule has 0 bridgehead atoms. The third-order valence-electron chi connectivity index (χ3n) is 4.26. The number of nitrogens with one attached hydrogen (secondary N) is 2. The number of esters is 1. The first-order valence-electron chi connectivity index (χ1n) is 8.61. The molecule has 11 heteroatoms. The molecule has 2 rings (SSSR count). The summed E-state index contributed by atoms with van der Waals surface area (Å²) in [6.45, 7) is 0.462. The van der Waals surface area contributed by atoms with E-state index in [4.69, 9.17) is 42.1 Å². The summed E-state index contributed by atoms with van der Waals surface area (Å²) in [6.07, 6.45) is 1.26. The molecule has 1 heterocycles. The summed E-state index contributed by atoms with van der Waals surface area (Å²) in [6, 6.07) is 0. The third kappa shape index (κ3) is 5.68. The average Bonchev–Trinajstić information content (AvgIpc) is 3.13. The molecule has 9 nitrogen and oxygen atoms in total. The lowest BCUT2D eigenvalue weighted by molar-refractivity contribution is -0.141. The van der Waals surface area contributed by atoms with Crippen molar-refractivity contribution in [3.8, 4) is 0 Å². The van der Waals surface area contributed by atoms with Crippen LogP contribution in [0.1, 0.15) is 6.42 Å². The van der Waals surface area contributed by atoms with Gasteiger partial charge in [0.05, 0.1) is 24.9 Å². The first-order chi connectivity index (χ1) is 13.5. The van der Waals surface area contributed by atoms with Gasteiger partial charge in [-0.05, 0) is 12.0 Å². The van der Waals surface area contributed by atoms with E-state index < -0.39 is 30.4 Å². The summed E-state index contributed by atoms with van der Waals surface area (Å²) in [5.74, 6) is -0.861. The van der Waals surface area contributed by atoms with E-state index in [1.807, 2.05) is 6.08 Å². The Hall–Kier alpha value is -2.13. The summed E-state index contributed by atoms with van der Waals surface area (Å²) in [5.41, 5.74) is 1.00. The van der Waals surface area contributed by atoms with Gasteiger partial charge in [0.25, 0.3) is 6.29 Å². The van der Waals surface area contributed by atoms with E-state index in [1.54, 1.807) is 0 Å². The maximum Gasteiger partial charge on any atom is 0.410 e. The van der Waals surface area contributed by atoms with Crippen LogP contribution in [0.5, 0.6) is 0 Å². The van der Waals surface area contributed by atoms with E-state index in [-0.39, 0.29) is 37.4 Å². The quantitative estimate of drug-likeness (QED) is 0.258. The third-order valence-corrected chi connectivity index (χ3v) is 4.64. The molecule has 0 aromatic heterocycles. The van der Waals surface area contributed by atoms with Crippen molar-refractivity contribution in [2.24, 2.45) is 11.8 Å². The Bertz CT molecular complexity index is 653. The highest BCUT2D eigenvalue weighted by atomic mass is 35.5. The van der Waals surface area contributed by atoms with Crippen LogP contribution in [-0.4, -0.2) is 63.0 Å². The van der Waals surface area contributed by atoms with Crippen LogP contribution in [0.2, 0.25) is 0 Å². The Morgan fingerprint density at radius 3 is 2.50 bits per heavy atom. The molecular formula is C17H22Cl2N2O7. The van der Waals surface area contributed by atoms with Crippen molar-refractivity contribution in [3.05, 3.63) is 23.5 Å². The monoisotopic (exact) mass is 436 g/mol. The van der Waals surface area contributed by atoms with Crippen LogP contribution in [0.3, 0.4) is 0 Å². The average molecular weight is 437 g/mol. The zero-order valence-corrected chi connectivity index (χ0v) is 16.8. The van der Waals surface area contributed by atoms with Crippen LogP contribution in [0.4, 0.5) is 9.59 Å². The van der Waals surface area contributed by atoms with Gasteiger partial charge in [0.1, 0.15) is 6.61 Å². The van der Waals surface area contributed by atoms with Gasteiger partial charge in [-0.15, -0.1) is 23.2 Å². The van der Waals surface area contributed by atoms with Crippen LogP contribution in [-0.2, 0) is 23.7 Å². The molecule has 0 spiro atoms. The van der Waals surface area contributed by atoms with Crippen molar-refractivity contribution in [1.82, 2.24) is 10.6 Å². The van der Waals surface area contributed by atoms with Gasteiger partial charge in [-0.25, -0.2) is 14.4 Å². The number of allylic oxidation sites excluding steroid dienone is 1. The summed E-state index contributed by atoms with van der Waals surface area (Å²) >= 11 is 11.1. The predicted octanol–water partition coefficient (Wildman–Crippen LogP) is 1.89. The highest BCUT2D eigenvalue weighted by Crippen LogP contribution is 2.43. The van der Waals surface area contributed by atoms with Crippen LogP contribution in [0.15, 0.2) is 23.5 Å². The molecule has 2 N–H and O–H groups in total. The number of halogens is 2. The highest BCUT2D eigenvalue weighted by molar-refractivity contribution is 6.18. The Morgan fingerprint density at radius 1 is 1.18 bits per heavy atom. The molecule has 0 aromatic rings. The van der Waals surface area contributed by atoms with Crippen molar-refractivity contribution in [3.63, 3.8) is 0 Å². The van der Waals surface area contributed by atoms with Gasteiger partial charge in [0, 0.05) is 30.8 Å². The predicted molar refractivity (Wildman–Crippen MR) is 99.9 cm³/mol. The molecule has 2 amide bonds. The summed E-state index contributed by atoms with van der Waals surface area (Å²) in [5, 5.41) is 4.97. The summed E-state index contributed by atoms with van der Waals surface area (Å²) in [7, 11) is 1.27. The van der Waals surface area contributed by atoms with E-state index in [2.05, 4.69) is 10.6 Å².